The van der Waals surface area contributed by atoms with Crippen molar-refractivity contribution in [2.75, 3.05) is 11.9 Å². The molecule has 1 aromatic carbocycles. The average molecular weight is 512 g/mol. The Morgan fingerprint density at radius 3 is 2.39 bits per heavy atom. The van der Waals surface area contributed by atoms with Crippen molar-refractivity contribution in [3.8, 4) is 0 Å². The number of hydrogen-bond donors (Lipinski definition) is 2. The van der Waals surface area contributed by atoms with Crippen LogP contribution in [0.5, 0.6) is 0 Å². The fraction of sp³-hybridized carbons (Fsp3) is 0.500. The van der Waals surface area contributed by atoms with Crippen molar-refractivity contribution < 1.29 is 4.79 Å². The van der Waals surface area contributed by atoms with Crippen LogP contribution in [0.4, 0.5) is 5.69 Å². The fourth-order valence-electron chi connectivity index (χ4n) is 1.94. The third kappa shape index (κ3) is 8.31. The second-order valence-electron chi connectivity index (χ2n) is 5.29. The highest BCUT2D eigenvalue weighted by molar-refractivity contribution is 9.11. The van der Waals surface area contributed by atoms with Gasteiger partial charge < -0.3 is 5.32 Å². The first kappa shape index (κ1) is 20.6. The molecule has 0 atom stereocenters. The van der Waals surface area contributed by atoms with Crippen LogP contribution < -0.4 is 10.7 Å². The molecule has 1 rings (SSSR count). The lowest BCUT2D eigenvalue weighted by Crippen LogP contribution is -2.26. The molecule has 128 valence electrons. The van der Waals surface area contributed by atoms with E-state index in [4.69, 9.17) is 0 Å². The molecule has 0 bridgehead atoms. The van der Waals surface area contributed by atoms with E-state index in [2.05, 4.69) is 70.6 Å². The number of anilines is 1. The molecule has 4 nitrogen and oxygen atoms in total. The maximum Gasteiger partial charge on any atom is 0.259 e. The maximum absolute atomic E-state index is 11.9. The van der Waals surface area contributed by atoms with E-state index in [9.17, 15) is 4.79 Å². The summed E-state index contributed by atoms with van der Waals surface area (Å²) in [4.78, 5) is 11.9. The molecule has 0 aliphatic heterocycles. The van der Waals surface area contributed by atoms with Gasteiger partial charge in [-0.3, -0.25) is 4.79 Å². The number of rotatable bonds is 9. The summed E-state index contributed by atoms with van der Waals surface area (Å²) >= 11 is 10.4. The number of benzene rings is 1. The Labute approximate surface area is 163 Å². The third-order valence-electron chi connectivity index (χ3n) is 3.20. The monoisotopic (exact) mass is 509 g/mol. The summed E-state index contributed by atoms with van der Waals surface area (Å²) in [7, 11) is 0. The molecule has 0 unspecified atom stereocenters. The molecule has 23 heavy (non-hydrogen) atoms. The zero-order chi connectivity index (χ0) is 17.2. The van der Waals surface area contributed by atoms with Gasteiger partial charge in [-0.1, -0.05) is 42.1 Å². The number of hydrogen-bond acceptors (Lipinski definition) is 3. The SMILES string of the molecule is CCCCCC/C(C)=N\NC(=O)CNc1c(Br)cc(Br)cc1Br. The fourth-order valence-corrected chi connectivity index (χ4v) is 4.48. The first-order chi connectivity index (χ1) is 10.9. The minimum atomic E-state index is -0.167. The van der Waals surface area contributed by atoms with Crippen molar-refractivity contribution in [3.63, 3.8) is 0 Å². The smallest absolute Gasteiger partial charge is 0.259 e. The van der Waals surface area contributed by atoms with Crippen LogP contribution in [-0.2, 0) is 4.79 Å². The van der Waals surface area contributed by atoms with Crippen LogP contribution in [0.1, 0.15) is 46.0 Å². The molecule has 0 spiro atoms. The highest BCUT2D eigenvalue weighted by Gasteiger charge is 2.08. The summed E-state index contributed by atoms with van der Waals surface area (Å²) in [6.07, 6.45) is 5.73. The summed E-state index contributed by atoms with van der Waals surface area (Å²) < 4.78 is 2.71. The Balaban J connectivity index is 2.40. The second-order valence-corrected chi connectivity index (χ2v) is 7.92. The predicted molar refractivity (Wildman–Crippen MR) is 108 cm³/mol. The van der Waals surface area contributed by atoms with Crippen molar-refractivity contribution in [1.29, 1.82) is 0 Å². The summed E-state index contributed by atoms with van der Waals surface area (Å²) in [5, 5.41) is 7.24. The third-order valence-corrected chi connectivity index (χ3v) is 4.90. The maximum atomic E-state index is 11.9. The Bertz CT molecular complexity index is 538. The molecule has 0 aromatic heterocycles. The number of nitrogens with zero attached hydrogens (tertiary/aromatic N) is 1. The Morgan fingerprint density at radius 2 is 1.78 bits per heavy atom. The normalized spacial score (nSPS) is 11.4. The number of nitrogens with one attached hydrogen (secondary N) is 2. The molecular formula is C16H22Br3N3O. The highest BCUT2D eigenvalue weighted by atomic mass is 79.9. The largest absolute Gasteiger partial charge is 0.374 e. The van der Waals surface area contributed by atoms with Gasteiger partial charge in [-0.25, -0.2) is 5.43 Å². The van der Waals surface area contributed by atoms with Gasteiger partial charge >= 0.3 is 0 Å². The Hall–Kier alpha value is -0.400. The molecule has 1 aromatic rings. The summed E-state index contributed by atoms with van der Waals surface area (Å²) in [6.45, 7) is 4.29. The van der Waals surface area contributed by atoms with E-state index >= 15 is 0 Å². The van der Waals surface area contributed by atoms with Gasteiger partial charge in [-0.2, -0.15) is 5.10 Å². The molecule has 0 aliphatic carbocycles. The first-order valence-electron chi connectivity index (χ1n) is 7.64. The molecule has 0 fully saturated rings. The van der Waals surface area contributed by atoms with Gasteiger partial charge in [0.2, 0.25) is 0 Å². The average Bonchev–Trinajstić information content (AvgIpc) is 2.48. The Kier molecular flexibility index (Phi) is 10.1. The molecule has 7 heteroatoms. The summed E-state index contributed by atoms with van der Waals surface area (Å²) in [5.41, 5.74) is 4.39. The van der Waals surface area contributed by atoms with Crippen molar-refractivity contribution in [2.45, 2.75) is 46.0 Å². The van der Waals surface area contributed by atoms with E-state index in [1.165, 1.54) is 19.3 Å². The van der Waals surface area contributed by atoms with Gasteiger partial charge in [0.05, 0.1) is 12.2 Å². The zero-order valence-electron chi connectivity index (χ0n) is 13.4. The molecule has 0 radical (unpaired) electrons. The number of carbonyl (C=O) groups is 1. The minimum absolute atomic E-state index is 0.158. The van der Waals surface area contributed by atoms with Crippen LogP contribution in [0.3, 0.4) is 0 Å². The van der Waals surface area contributed by atoms with E-state index in [0.717, 1.165) is 37.7 Å². The van der Waals surface area contributed by atoms with E-state index in [0.29, 0.717) is 0 Å². The van der Waals surface area contributed by atoms with Gasteiger partial charge in [0.1, 0.15) is 0 Å². The van der Waals surface area contributed by atoms with Crippen molar-refractivity contribution in [3.05, 3.63) is 25.6 Å². The Morgan fingerprint density at radius 1 is 1.13 bits per heavy atom. The van der Waals surface area contributed by atoms with Gasteiger partial charge in [-0.05, 0) is 63.8 Å². The number of carbonyl (C=O) groups excluding carboxylic acids is 1. The number of amides is 1. The van der Waals surface area contributed by atoms with Gasteiger partial charge in [-0.15, -0.1) is 0 Å². The van der Waals surface area contributed by atoms with E-state index < -0.39 is 0 Å². The van der Waals surface area contributed by atoms with Crippen molar-refractivity contribution in [1.82, 2.24) is 5.43 Å². The van der Waals surface area contributed by atoms with Gasteiger partial charge in [0.15, 0.2) is 0 Å². The number of unbranched alkanes of at least 4 members (excludes halogenated alkanes) is 3. The second kappa shape index (κ2) is 11.2. The van der Waals surface area contributed by atoms with Crippen LogP contribution >= 0.6 is 47.8 Å². The summed E-state index contributed by atoms with van der Waals surface area (Å²) in [6, 6.07) is 3.84. The van der Waals surface area contributed by atoms with Crippen LogP contribution in [0, 0.1) is 0 Å². The van der Waals surface area contributed by atoms with Crippen LogP contribution in [0.15, 0.2) is 30.7 Å². The van der Waals surface area contributed by atoms with Crippen LogP contribution in [0.2, 0.25) is 0 Å². The standard InChI is InChI=1S/C16H22Br3N3O/c1-3-4-5-6-7-11(2)21-22-15(23)10-20-16-13(18)8-12(17)9-14(16)19/h8-9,20H,3-7,10H2,1-2H3,(H,22,23)/b21-11-. The lowest BCUT2D eigenvalue weighted by molar-refractivity contribution is -0.119. The molecule has 0 heterocycles. The van der Waals surface area contributed by atoms with E-state index in [1.54, 1.807) is 0 Å². The summed E-state index contributed by atoms with van der Waals surface area (Å²) in [5.74, 6) is -0.167. The van der Waals surface area contributed by atoms with Crippen LogP contribution in [-0.4, -0.2) is 18.2 Å². The topological polar surface area (TPSA) is 53.5 Å². The molecule has 0 saturated heterocycles. The highest BCUT2D eigenvalue weighted by Crippen LogP contribution is 2.34. The molecule has 0 aliphatic rings. The predicted octanol–water partition coefficient (Wildman–Crippen LogP) is 5.85. The molecular weight excluding hydrogens is 490 g/mol. The van der Waals surface area contributed by atoms with E-state index in [1.807, 2.05) is 19.1 Å². The minimum Gasteiger partial charge on any atom is -0.374 e. The first-order valence-corrected chi connectivity index (χ1v) is 10.0. The van der Waals surface area contributed by atoms with Gasteiger partial charge in [0, 0.05) is 19.1 Å². The lowest BCUT2D eigenvalue weighted by atomic mass is 10.1. The van der Waals surface area contributed by atoms with E-state index in [-0.39, 0.29) is 12.5 Å². The lowest BCUT2D eigenvalue weighted by Gasteiger charge is -2.10. The molecule has 1 amide bonds. The van der Waals surface area contributed by atoms with Crippen molar-refractivity contribution >= 4 is 65.1 Å². The molecule has 0 saturated carbocycles. The van der Waals surface area contributed by atoms with Crippen molar-refractivity contribution in [2.24, 2.45) is 5.10 Å². The van der Waals surface area contributed by atoms with Crippen LogP contribution in [0.25, 0.3) is 0 Å². The molecule has 2 N–H and O–H groups in total. The quantitative estimate of drug-likeness (QED) is 0.248. The number of hydrazone groups is 1. The zero-order valence-corrected chi connectivity index (χ0v) is 18.1. The van der Waals surface area contributed by atoms with Gasteiger partial charge in [0.25, 0.3) is 5.91 Å². The number of halogens is 3.